The molecule has 1 aromatic carbocycles. The van der Waals surface area contributed by atoms with Crippen molar-refractivity contribution in [3.8, 4) is 10.6 Å². The normalized spacial score (nSPS) is 18.7. The van der Waals surface area contributed by atoms with Gasteiger partial charge in [0.15, 0.2) is 0 Å². The van der Waals surface area contributed by atoms with Crippen molar-refractivity contribution in [2.75, 3.05) is 6.54 Å². The van der Waals surface area contributed by atoms with E-state index in [1.807, 2.05) is 12.1 Å². The standard InChI is InChI=1S/C22H21N3OS/c26-22(25-12-9-15-3-1-2-4-18(15)14-25)17-5-6-19-20(13-17)27-21(24-19)16-7-10-23-11-8-16/h1-4,7-8,10-11,17H,5-6,9,12-14H2. The zero-order valence-corrected chi connectivity index (χ0v) is 15.9. The lowest BCUT2D eigenvalue weighted by molar-refractivity contribution is -0.136. The van der Waals surface area contributed by atoms with Crippen molar-refractivity contribution in [1.29, 1.82) is 0 Å². The third kappa shape index (κ3) is 3.16. The second-order valence-corrected chi connectivity index (χ2v) is 8.43. The molecule has 0 saturated carbocycles. The molecule has 4 nitrogen and oxygen atoms in total. The zero-order valence-electron chi connectivity index (χ0n) is 15.1. The summed E-state index contributed by atoms with van der Waals surface area (Å²) < 4.78 is 0. The number of pyridine rings is 1. The number of nitrogens with zero attached hydrogens (tertiary/aromatic N) is 3. The Bertz CT molecular complexity index is 982. The Kier molecular flexibility index (Phi) is 4.24. The third-order valence-electron chi connectivity index (χ3n) is 5.66. The van der Waals surface area contributed by atoms with E-state index >= 15 is 0 Å². The van der Waals surface area contributed by atoms with E-state index in [4.69, 9.17) is 4.98 Å². The summed E-state index contributed by atoms with van der Waals surface area (Å²) >= 11 is 1.74. The molecule has 3 aromatic rings. The smallest absolute Gasteiger partial charge is 0.226 e. The van der Waals surface area contributed by atoms with E-state index in [1.54, 1.807) is 23.7 Å². The van der Waals surface area contributed by atoms with Gasteiger partial charge in [0.05, 0.1) is 5.69 Å². The van der Waals surface area contributed by atoms with Crippen LogP contribution in [0.4, 0.5) is 0 Å². The molecule has 0 saturated heterocycles. The number of hydrogen-bond donors (Lipinski definition) is 0. The Morgan fingerprint density at radius 2 is 1.89 bits per heavy atom. The molecule has 2 aliphatic rings. The molecule has 1 atom stereocenters. The predicted molar refractivity (Wildman–Crippen MR) is 106 cm³/mol. The lowest BCUT2D eigenvalue weighted by Gasteiger charge is -2.32. The van der Waals surface area contributed by atoms with Gasteiger partial charge in [0.1, 0.15) is 5.01 Å². The van der Waals surface area contributed by atoms with Crippen LogP contribution in [0, 0.1) is 5.92 Å². The summed E-state index contributed by atoms with van der Waals surface area (Å²) in [5, 5.41) is 1.04. The maximum absolute atomic E-state index is 13.2. The molecule has 2 aromatic heterocycles. The van der Waals surface area contributed by atoms with Crippen molar-refractivity contribution in [3.63, 3.8) is 0 Å². The highest BCUT2D eigenvalue weighted by atomic mass is 32.1. The number of hydrogen-bond acceptors (Lipinski definition) is 4. The van der Waals surface area contributed by atoms with Gasteiger partial charge in [-0.25, -0.2) is 4.98 Å². The van der Waals surface area contributed by atoms with Crippen LogP contribution in [0.3, 0.4) is 0 Å². The first-order valence-electron chi connectivity index (χ1n) is 9.52. The van der Waals surface area contributed by atoms with E-state index in [2.05, 4.69) is 34.1 Å². The van der Waals surface area contributed by atoms with Crippen LogP contribution in [0.2, 0.25) is 0 Å². The fourth-order valence-electron chi connectivity index (χ4n) is 4.15. The number of thiazole rings is 1. The molecule has 0 fully saturated rings. The van der Waals surface area contributed by atoms with Crippen LogP contribution >= 0.6 is 11.3 Å². The molecule has 1 aliphatic heterocycles. The lowest BCUT2D eigenvalue weighted by atomic mass is 9.89. The molecule has 136 valence electrons. The van der Waals surface area contributed by atoms with E-state index in [-0.39, 0.29) is 5.92 Å². The number of fused-ring (bicyclic) bond motifs is 2. The second kappa shape index (κ2) is 6.89. The Balaban J connectivity index is 1.32. The maximum Gasteiger partial charge on any atom is 0.226 e. The van der Waals surface area contributed by atoms with E-state index in [1.165, 1.54) is 21.7 Å². The highest BCUT2D eigenvalue weighted by Gasteiger charge is 2.31. The molecule has 0 spiro atoms. The highest BCUT2D eigenvalue weighted by Crippen LogP contribution is 2.35. The molecule has 3 heterocycles. The highest BCUT2D eigenvalue weighted by molar-refractivity contribution is 7.15. The van der Waals surface area contributed by atoms with Crippen LogP contribution < -0.4 is 0 Å². The first-order chi connectivity index (χ1) is 13.3. The minimum absolute atomic E-state index is 0.0912. The summed E-state index contributed by atoms with van der Waals surface area (Å²) in [6.07, 6.45) is 7.20. The van der Waals surface area contributed by atoms with Crippen molar-refractivity contribution in [1.82, 2.24) is 14.9 Å². The van der Waals surface area contributed by atoms with Crippen LogP contribution in [0.1, 0.15) is 28.1 Å². The van der Waals surface area contributed by atoms with E-state index in [0.717, 1.165) is 49.3 Å². The van der Waals surface area contributed by atoms with Crippen LogP contribution in [0.15, 0.2) is 48.8 Å². The molecule has 1 unspecified atom stereocenters. The van der Waals surface area contributed by atoms with Gasteiger partial charge < -0.3 is 4.90 Å². The topological polar surface area (TPSA) is 46.1 Å². The van der Waals surface area contributed by atoms with Gasteiger partial charge in [-0.15, -0.1) is 11.3 Å². The summed E-state index contributed by atoms with van der Waals surface area (Å²) in [6, 6.07) is 12.5. The fraction of sp³-hybridized carbons (Fsp3) is 0.318. The van der Waals surface area contributed by atoms with E-state index in [0.29, 0.717) is 5.91 Å². The summed E-state index contributed by atoms with van der Waals surface area (Å²) in [6.45, 7) is 1.59. The van der Waals surface area contributed by atoms with Crippen molar-refractivity contribution < 1.29 is 4.79 Å². The second-order valence-electron chi connectivity index (χ2n) is 7.34. The summed E-state index contributed by atoms with van der Waals surface area (Å²) in [5.74, 6) is 0.405. The van der Waals surface area contributed by atoms with Crippen LogP contribution in [0.25, 0.3) is 10.6 Å². The Morgan fingerprint density at radius 1 is 1.07 bits per heavy atom. The molecular formula is C22H21N3OS. The minimum atomic E-state index is 0.0912. The third-order valence-corrected chi connectivity index (χ3v) is 6.83. The summed E-state index contributed by atoms with van der Waals surface area (Å²) in [5.41, 5.74) is 4.98. The molecule has 0 radical (unpaired) electrons. The number of aryl methyl sites for hydroxylation is 1. The molecule has 5 heteroatoms. The Labute approximate surface area is 162 Å². The molecule has 0 bridgehead atoms. The first-order valence-corrected chi connectivity index (χ1v) is 10.3. The number of rotatable bonds is 2. The number of aromatic nitrogens is 2. The number of carbonyl (C=O) groups excluding carboxylic acids is 1. The van der Waals surface area contributed by atoms with Crippen molar-refractivity contribution in [2.45, 2.75) is 32.2 Å². The van der Waals surface area contributed by atoms with Crippen LogP contribution in [0.5, 0.6) is 0 Å². The molecule has 5 rings (SSSR count). The molecule has 1 amide bonds. The van der Waals surface area contributed by atoms with Gasteiger partial charge in [-0.1, -0.05) is 24.3 Å². The monoisotopic (exact) mass is 375 g/mol. The van der Waals surface area contributed by atoms with Crippen molar-refractivity contribution in [2.24, 2.45) is 5.92 Å². The zero-order chi connectivity index (χ0) is 18.2. The average Bonchev–Trinajstić information content (AvgIpc) is 3.17. The molecule has 27 heavy (non-hydrogen) atoms. The Hall–Kier alpha value is -2.53. The quantitative estimate of drug-likeness (QED) is 0.683. The average molecular weight is 375 g/mol. The first kappa shape index (κ1) is 16.6. The fourth-order valence-corrected chi connectivity index (χ4v) is 5.34. The molecule has 0 N–H and O–H groups in total. The molecule has 1 aliphatic carbocycles. The van der Waals surface area contributed by atoms with Gasteiger partial charge in [0.2, 0.25) is 5.91 Å². The van der Waals surface area contributed by atoms with Crippen molar-refractivity contribution >= 4 is 17.2 Å². The largest absolute Gasteiger partial charge is 0.338 e. The summed E-state index contributed by atoms with van der Waals surface area (Å²) in [7, 11) is 0. The van der Waals surface area contributed by atoms with Crippen LogP contribution in [-0.2, 0) is 30.6 Å². The van der Waals surface area contributed by atoms with Gasteiger partial charge >= 0.3 is 0 Å². The van der Waals surface area contributed by atoms with Crippen molar-refractivity contribution in [3.05, 3.63) is 70.5 Å². The van der Waals surface area contributed by atoms with Gasteiger partial charge in [-0.3, -0.25) is 9.78 Å². The number of benzene rings is 1. The van der Waals surface area contributed by atoms with Gasteiger partial charge in [-0.05, 0) is 48.9 Å². The van der Waals surface area contributed by atoms with Gasteiger partial charge in [0.25, 0.3) is 0 Å². The van der Waals surface area contributed by atoms with Gasteiger partial charge in [-0.2, -0.15) is 0 Å². The van der Waals surface area contributed by atoms with E-state index < -0.39 is 0 Å². The molecular weight excluding hydrogens is 354 g/mol. The predicted octanol–water partition coefficient (Wildman–Crippen LogP) is 3.89. The summed E-state index contributed by atoms with van der Waals surface area (Å²) in [4.78, 5) is 25.4. The SMILES string of the molecule is O=C(C1CCc2nc(-c3ccncc3)sc2C1)N1CCc2ccccc2C1. The van der Waals surface area contributed by atoms with E-state index in [9.17, 15) is 4.79 Å². The maximum atomic E-state index is 13.2. The Morgan fingerprint density at radius 3 is 2.74 bits per heavy atom. The lowest BCUT2D eigenvalue weighted by Crippen LogP contribution is -2.41. The number of amides is 1. The number of carbonyl (C=O) groups is 1. The van der Waals surface area contributed by atoms with Gasteiger partial charge in [0, 0.05) is 41.8 Å². The minimum Gasteiger partial charge on any atom is -0.338 e. The van der Waals surface area contributed by atoms with Crippen LogP contribution in [-0.4, -0.2) is 27.3 Å².